The van der Waals surface area contributed by atoms with Crippen LogP contribution in [0.15, 0.2) is 30.6 Å². The maximum atomic E-state index is 11.4. The maximum absolute atomic E-state index is 11.4. The summed E-state index contributed by atoms with van der Waals surface area (Å²) in [5.41, 5.74) is 0.379. The Morgan fingerprint density at radius 3 is 2.55 bits per heavy atom. The van der Waals surface area contributed by atoms with E-state index >= 15 is 0 Å². The minimum absolute atomic E-state index is 0.00714. The average molecular weight is 303 g/mol. The number of aromatic nitrogens is 2. The van der Waals surface area contributed by atoms with Crippen molar-refractivity contribution in [1.29, 1.82) is 0 Å². The van der Waals surface area contributed by atoms with Gasteiger partial charge in [-0.1, -0.05) is 12.1 Å². The third-order valence-corrected chi connectivity index (χ3v) is 2.79. The largest absolute Gasteiger partial charge is 0.495 e. The van der Waals surface area contributed by atoms with Gasteiger partial charge in [0.15, 0.2) is 0 Å². The summed E-state index contributed by atoms with van der Waals surface area (Å²) in [7, 11) is 1.53. The van der Waals surface area contributed by atoms with Gasteiger partial charge in [0.1, 0.15) is 12.1 Å². The second-order valence-electron chi connectivity index (χ2n) is 4.80. The molecular formula is C14H17N5O3. The number of nitrogens with zero attached hydrogens (tertiary/aromatic N) is 3. The third kappa shape index (κ3) is 3.40. The molecule has 0 radical (unpaired) electrons. The van der Waals surface area contributed by atoms with Crippen molar-refractivity contribution < 1.29 is 9.66 Å². The van der Waals surface area contributed by atoms with Gasteiger partial charge in [-0.3, -0.25) is 10.1 Å². The third-order valence-electron chi connectivity index (χ3n) is 2.79. The molecule has 0 saturated heterocycles. The lowest BCUT2D eigenvalue weighted by atomic mass is 10.3. The number of nitro groups is 1. The fraction of sp³-hybridized carbons (Fsp3) is 0.286. The molecule has 116 valence electrons. The Kier molecular flexibility index (Phi) is 4.72. The zero-order valence-electron chi connectivity index (χ0n) is 12.5. The quantitative estimate of drug-likeness (QED) is 0.624. The molecule has 0 aliphatic heterocycles. The zero-order valence-corrected chi connectivity index (χ0v) is 12.5. The van der Waals surface area contributed by atoms with E-state index in [4.69, 9.17) is 4.74 Å². The Labute approximate surface area is 127 Å². The summed E-state index contributed by atoms with van der Waals surface area (Å²) < 4.78 is 5.22. The van der Waals surface area contributed by atoms with Crippen LogP contribution in [0.4, 0.5) is 23.0 Å². The van der Waals surface area contributed by atoms with E-state index in [9.17, 15) is 10.1 Å². The van der Waals surface area contributed by atoms with Crippen LogP contribution in [0.1, 0.15) is 13.8 Å². The van der Waals surface area contributed by atoms with Crippen molar-refractivity contribution in [2.45, 2.75) is 19.9 Å². The smallest absolute Gasteiger partial charge is 0.353 e. The number of methoxy groups -OCH3 is 1. The number of rotatable bonds is 6. The van der Waals surface area contributed by atoms with Crippen molar-refractivity contribution in [1.82, 2.24) is 9.97 Å². The van der Waals surface area contributed by atoms with E-state index < -0.39 is 4.92 Å². The molecule has 0 atom stereocenters. The van der Waals surface area contributed by atoms with E-state index in [-0.39, 0.29) is 23.4 Å². The fourth-order valence-corrected chi connectivity index (χ4v) is 1.90. The maximum Gasteiger partial charge on any atom is 0.353 e. The van der Waals surface area contributed by atoms with E-state index in [1.165, 1.54) is 13.4 Å². The molecule has 0 spiro atoms. The zero-order chi connectivity index (χ0) is 16.1. The molecule has 2 aromatic rings. The van der Waals surface area contributed by atoms with E-state index in [1.54, 1.807) is 18.2 Å². The van der Waals surface area contributed by atoms with Crippen LogP contribution in [-0.2, 0) is 0 Å². The number of para-hydroxylation sites is 2. The molecule has 0 fully saturated rings. The highest BCUT2D eigenvalue weighted by Gasteiger charge is 2.24. The first-order valence-corrected chi connectivity index (χ1v) is 6.69. The molecule has 1 aromatic carbocycles. The van der Waals surface area contributed by atoms with Crippen LogP contribution in [-0.4, -0.2) is 28.0 Å². The van der Waals surface area contributed by atoms with Gasteiger partial charge in [0.2, 0.25) is 11.6 Å². The molecule has 8 nitrogen and oxygen atoms in total. The molecule has 22 heavy (non-hydrogen) atoms. The molecule has 2 N–H and O–H groups in total. The fourth-order valence-electron chi connectivity index (χ4n) is 1.90. The molecule has 0 aliphatic carbocycles. The van der Waals surface area contributed by atoms with Crippen molar-refractivity contribution in [3.63, 3.8) is 0 Å². The van der Waals surface area contributed by atoms with E-state index in [1.807, 2.05) is 19.9 Å². The number of anilines is 3. The van der Waals surface area contributed by atoms with Crippen molar-refractivity contribution in [2.75, 3.05) is 17.7 Å². The molecular weight excluding hydrogens is 286 g/mol. The minimum atomic E-state index is -0.511. The SMILES string of the molecule is COc1ccccc1Nc1ncnc(NC(C)C)c1[N+](=O)[O-]. The van der Waals surface area contributed by atoms with Gasteiger partial charge in [-0.05, 0) is 26.0 Å². The summed E-state index contributed by atoms with van der Waals surface area (Å²) in [6.07, 6.45) is 1.27. The van der Waals surface area contributed by atoms with Gasteiger partial charge >= 0.3 is 5.69 Å². The Bertz CT molecular complexity index is 675. The number of hydrogen-bond donors (Lipinski definition) is 2. The minimum Gasteiger partial charge on any atom is -0.495 e. The normalized spacial score (nSPS) is 10.4. The van der Waals surface area contributed by atoms with Gasteiger partial charge in [-0.15, -0.1) is 0 Å². The molecule has 8 heteroatoms. The summed E-state index contributed by atoms with van der Waals surface area (Å²) in [5, 5.41) is 17.3. The second kappa shape index (κ2) is 6.70. The molecule has 0 amide bonds. The van der Waals surface area contributed by atoms with Crippen LogP contribution < -0.4 is 15.4 Å². The molecule has 2 rings (SSSR count). The number of hydrogen-bond acceptors (Lipinski definition) is 7. The van der Waals surface area contributed by atoms with E-state index in [0.717, 1.165) is 0 Å². The van der Waals surface area contributed by atoms with Crippen LogP contribution in [0.2, 0.25) is 0 Å². The number of nitrogens with one attached hydrogen (secondary N) is 2. The van der Waals surface area contributed by atoms with Crippen LogP contribution in [0.5, 0.6) is 5.75 Å². The van der Waals surface area contributed by atoms with Crippen LogP contribution in [0.3, 0.4) is 0 Å². The van der Waals surface area contributed by atoms with E-state index in [2.05, 4.69) is 20.6 Å². The molecule has 0 saturated carbocycles. The van der Waals surface area contributed by atoms with Crippen LogP contribution >= 0.6 is 0 Å². The molecule has 0 aliphatic rings. The predicted octanol–water partition coefficient (Wildman–Crippen LogP) is 2.96. The molecule has 1 heterocycles. The lowest BCUT2D eigenvalue weighted by Gasteiger charge is -2.13. The van der Waals surface area contributed by atoms with Gasteiger partial charge in [0.05, 0.1) is 17.7 Å². The van der Waals surface area contributed by atoms with Crippen molar-refractivity contribution >= 4 is 23.0 Å². The summed E-state index contributed by atoms with van der Waals surface area (Å²) in [5.74, 6) is 0.842. The highest BCUT2D eigenvalue weighted by atomic mass is 16.6. The Morgan fingerprint density at radius 1 is 1.23 bits per heavy atom. The first-order chi connectivity index (χ1) is 10.5. The summed E-state index contributed by atoms with van der Waals surface area (Å²) in [6.45, 7) is 3.75. The monoisotopic (exact) mass is 303 g/mol. The molecule has 1 aromatic heterocycles. The average Bonchev–Trinajstić information content (AvgIpc) is 2.47. The van der Waals surface area contributed by atoms with Gasteiger partial charge < -0.3 is 15.4 Å². The van der Waals surface area contributed by atoms with Gasteiger partial charge in [-0.25, -0.2) is 9.97 Å². The molecule has 0 bridgehead atoms. The highest BCUT2D eigenvalue weighted by Crippen LogP contribution is 2.34. The molecule has 0 unspecified atom stereocenters. The summed E-state index contributed by atoms with van der Waals surface area (Å²) in [4.78, 5) is 18.8. The summed E-state index contributed by atoms with van der Waals surface area (Å²) in [6, 6.07) is 7.12. The van der Waals surface area contributed by atoms with Crippen LogP contribution in [0, 0.1) is 10.1 Å². The predicted molar refractivity (Wildman–Crippen MR) is 83.7 cm³/mol. The number of ether oxygens (including phenoxy) is 1. The second-order valence-corrected chi connectivity index (χ2v) is 4.80. The highest BCUT2D eigenvalue weighted by molar-refractivity contribution is 5.75. The Hall–Kier alpha value is -2.90. The van der Waals surface area contributed by atoms with Crippen molar-refractivity contribution in [3.05, 3.63) is 40.7 Å². The lowest BCUT2D eigenvalue weighted by molar-refractivity contribution is -0.383. The first-order valence-electron chi connectivity index (χ1n) is 6.69. The van der Waals surface area contributed by atoms with Crippen molar-refractivity contribution in [2.24, 2.45) is 0 Å². The first kappa shape index (κ1) is 15.5. The summed E-state index contributed by atoms with van der Waals surface area (Å²) >= 11 is 0. The van der Waals surface area contributed by atoms with Gasteiger partial charge in [0.25, 0.3) is 0 Å². The number of benzene rings is 1. The lowest BCUT2D eigenvalue weighted by Crippen LogP contribution is -2.14. The van der Waals surface area contributed by atoms with Crippen molar-refractivity contribution in [3.8, 4) is 5.75 Å². The topological polar surface area (TPSA) is 102 Å². The van der Waals surface area contributed by atoms with E-state index in [0.29, 0.717) is 11.4 Å². The van der Waals surface area contributed by atoms with Crippen LogP contribution in [0.25, 0.3) is 0 Å². The standard InChI is InChI=1S/C14H17N5O3/c1-9(2)17-13-12(19(20)21)14(16-8-15-13)18-10-6-4-5-7-11(10)22-3/h4-9H,1-3H3,(H2,15,16,17,18). The Morgan fingerprint density at radius 2 is 1.91 bits per heavy atom. The Balaban J connectivity index is 2.44. The van der Waals surface area contributed by atoms with Gasteiger partial charge in [0, 0.05) is 6.04 Å². The van der Waals surface area contributed by atoms with Gasteiger partial charge in [-0.2, -0.15) is 0 Å².